The van der Waals surface area contributed by atoms with Crippen LogP contribution in [0.2, 0.25) is 0 Å². The summed E-state index contributed by atoms with van der Waals surface area (Å²) >= 11 is 0. The van der Waals surface area contributed by atoms with Gasteiger partial charge in [0, 0.05) is 42.8 Å². The van der Waals surface area contributed by atoms with E-state index in [0.29, 0.717) is 24.2 Å². The Labute approximate surface area is 123 Å². The van der Waals surface area contributed by atoms with E-state index in [0.717, 1.165) is 13.1 Å². The number of halogens is 1. The average molecular weight is 293 g/mol. The summed E-state index contributed by atoms with van der Waals surface area (Å²) in [7, 11) is 2.13. The Balaban J connectivity index is 1.75. The molecule has 2 unspecified atom stereocenters. The lowest BCUT2D eigenvalue weighted by atomic mass is 10.1. The molecule has 2 fully saturated rings. The minimum absolute atomic E-state index is 0.125. The molecule has 2 atom stereocenters. The Hall–Kier alpha value is -1.50. The molecule has 0 saturated carbocycles. The van der Waals surface area contributed by atoms with E-state index in [1.165, 1.54) is 24.4 Å². The van der Waals surface area contributed by atoms with E-state index in [-0.39, 0.29) is 5.56 Å². The Morgan fingerprint density at radius 2 is 2.05 bits per heavy atom. The molecular formula is C15H20FN3O2. The van der Waals surface area contributed by atoms with Crippen LogP contribution in [0, 0.1) is 5.82 Å². The second-order valence-electron chi connectivity index (χ2n) is 6.03. The summed E-state index contributed by atoms with van der Waals surface area (Å²) in [5.74, 6) is -1.09. The van der Waals surface area contributed by atoms with Crippen molar-refractivity contribution >= 4 is 5.91 Å². The zero-order valence-corrected chi connectivity index (χ0v) is 12.1. The minimum atomic E-state index is -0.694. The summed E-state index contributed by atoms with van der Waals surface area (Å²) in [6.45, 7) is 2.64. The van der Waals surface area contributed by atoms with E-state index in [1.807, 2.05) is 0 Å². The minimum Gasteiger partial charge on any atom is -0.303 e. The summed E-state index contributed by atoms with van der Waals surface area (Å²) in [6, 6.07) is 5.35. The van der Waals surface area contributed by atoms with Gasteiger partial charge >= 0.3 is 0 Å². The van der Waals surface area contributed by atoms with Gasteiger partial charge in [-0.25, -0.2) is 9.87 Å². The molecule has 3 rings (SSSR count). The van der Waals surface area contributed by atoms with Crippen LogP contribution in [0.25, 0.3) is 0 Å². The van der Waals surface area contributed by atoms with Gasteiger partial charge < -0.3 is 4.90 Å². The van der Waals surface area contributed by atoms with Gasteiger partial charge in [0.25, 0.3) is 5.91 Å². The maximum absolute atomic E-state index is 14.2. The number of hydrogen-bond acceptors (Lipinski definition) is 4. The van der Waals surface area contributed by atoms with Crippen molar-refractivity contribution in [2.45, 2.75) is 31.5 Å². The van der Waals surface area contributed by atoms with E-state index in [4.69, 9.17) is 5.21 Å². The lowest BCUT2D eigenvalue weighted by molar-refractivity contribution is 0.0704. The summed E-state index contributed by atoms with van der Waals surface area (Å²) in [5, 5.41) is 8.58. The van der Waals surface area contributed by atoms with Crippen LogP contribution in [0.3, 0.4) is 0 Å². The fourth-order valence-electron chi connectivity index (χ4n) is 3.54. The first kappa shape index (κ1) is 14.4. The topological polar surface area (TPSA) is 55.8 Å². The molecule has 0 spiro atoms. The molecule has 1 aromatic carbocycles. The van der Waals surface area contributed by atoms with Crippen molar-refractivity contribution < 1.29 is 14.4 Å². The highest BCUT2D eigenvalue weighted by Crippen LogP contribution is 2.31. The van der Waals surface area contributed by atoms with Gasteiger partial charge in [-0.3, -0.25) is 14.9 Å². The number of likely N-dealkylation sites (tertiary alicyclic amines) is 1. The number of nitrogens with one attached hydrogen (secondary N) is 1. The number of carbonyl (C=O) groups excluding carboxylic acids is 1. The maximum atomic E-state index is 14.2. The standard InChI is InChI=1S/C15H20FN3O2/c1-18-8-12-4-5-13(9-18)19(12)7-11-3-2-10(6-14(11)16)15(20)17-21/h2-3,6,12-13,21H,4-5,7-9H2,1H3,(H,17,20). The van der Waals surface area contributed by atoms with Gasteiger partial charge in [0.1, 0.15) is 5.82 Å². The van der Waals surface area contributed by atoms with Crippen molar-refractivity contribution in [1.29, 1.82) is 0 Å². The fraction of sp³-hybridized carbons (Fsp3) is 0.533. The Bertz CT molecular complexity index is 538. The number of nitrogens with zero attached hydrogens (tertiary/aromatic N) is 2. The maximum Gasteiger partial charge on any atom is 0.274 e. The van der Waals surface area contributed by atoms with Crippen molar-refractivity contribution in [3.63, 3.8) is 0 Å². The van der Waals surface area contributed by atoms with Gasteiger partial charge in [0.15, 0.2) is 0 Å². The molecular weight excluding hydrogens is 273 g/mol. The zero-order chi connectivity index (χ0) is 15.0. The highest BCUT2D eigenvalue weighted by atomic mass is 19.1. The lowest BCUT2D eigenvalue weighted by Gasteiger charge is -2.39. The number of likely N-dealkylation sites (N-methyl/N-ethyl adjacent to an activating group) is 1. The van der Waals surface area contributed by atoms with Crippen molar-refractivity contribution in [2.24, 2.45) is 0 Å². The van der Waals surface area contributed by atoms with E-state index >= 15 is 0 Å². The smallest absolute Gasteiger partial charge is 0.274 e. The van der Waals surface area contributed by atoms with Gasteiger partial charge in [0.2, 0.25) is 0 Å². The number of fused-ring (bicyclic) bond motifs is 2. The molecule has 1 amide bonds. The summed E-state index contributed by atoms with van der Waals surface area (Å²) in [6.07, 6.45) is 2.34. The molecule has 114 valence electrons. The second-order valence-corrected chi connectivity index (χ2v) is 6.03. The third-order valence-electron chi connectivity index (χ3n) is 4.59. The Morgan fingerprint density at radius 3 is 2.62 bits per heavy atom. The number of hydroxylamine groups is 1. The predicted octanol–water partition coefficient (Wildman–Crippen LogP) is 1.22. The number of hydrogen-bond donors (Lipinski definition) is 2. The fourth-order valence-corrected chi connectivity index (χ4v) is 3.54. The first-order valence-electron chi connectivity index (χ1n) is 7.25. The molecule has 21 heavy (non-hydrogen) atoms. The van der Waals surface area contributed by atoms with Crippen LogP contribution in [-0.4, -0.2) is 53.1 Å². The number of carbonyl (C=O) groups is 1. The molecule has 0 radical (unpaired) electrons. The number of benzene rings is 1. The van der Waals surface area contributed by atoms with Crippen molar-refractivity contribution in [3.8, 4) is 0 Å². The molecule has 2 saturated heterocycles. The van der Waals surface area contributed by atoms with Crippen LogP contribution in [0.5, 0.6) is 0 Å². The SMILES string of the molecule is CN1CC2CCC(C1)N2Cc1ccc(C(=O)NO)cc1F. The molecule has 6 heteroatoms. The molecule has 2 aliphatic heterocycles. The zero-order valence-electron chi connectivity index (χ0n) is 12.1. The molecule has 5 nitrogen and oxygen atoms in total. The highest BCUT2D eigenvalue weighted by Gasteiger charge is 2.38. The third kappa shape index (κ3) is 2.79. The largest absolute Gasteiger partial charge is 0.303 e. The van der Waals surface area contributed by atoms with Crippen LogP contribution < -0.4 is 5.48 Å². The summed E-state index contributed by atoms with van der Waals surface area (Å²) < 4.78 is 14.2. The Kier molecular flexibility index (Phi) is 3.93. The molecule has 2 heterocycles. The number of piperazine rings is 1. The van der Waals surface area contributed by atoms with Crippen molar-refractivity contribution in [2.75, 3.05) is 20.1 Å². The van der Waals surface area contributed by atoms with Gasteiger partial charge in [-0.2, -0.15) is 0 Å². The molecule has 0 aromatic heterocycles. The van der Waals surface area contributed by atoms with Crippen LogP contribution in [0.15, 0.2) is 18.2 Å². The van der Waals surface area contributed by atoms with E-state index in [9.17, 15) is 9.18 Å². The van der Waals surface area contributed by atoms with Crippen LogP contribution in [0.1, 0.15) is 28.8 Å². The average Bonchev–Trinajstić information content (AvgIpc) is 2.70. The van der Waals surface area contributed by atoms with Gasteiger partial charge in [-0.15, -0.1) is 0 Å². The van der Waals surface area contributed by atoms with Crippen LogP contribution in [0.4, 0.5) is 4.39 Å². The highest BCUT2D eigenvalue weighted by molar-refractivity contribution is 5.93. The monoisotopic (exact) mass is 293 g/mol. The number of amides is 1. The van der Waals surface area contributed by atoms with Crippen molar-refractivity contribution in [1.82, 2.24) is 15.3 Å². The first-order chi connectivity index (χ1) is 10.1. The third-order valence-corrected chi connectivity index (χ3v) is 4.59. The van der Waals surface area contributed by atoms with Crippen LogP contribution >= 0.6 is 0 Å². The number of rotatable bonds is 3. The van der Waals surface area contributed by atoms with Gasteiger partial charge in [-0.05, 0) is 32.0 Å². The summed E-state index contributed by atoms with van der Waals surface area (Å²) in [5.41, 5.74) is 2.24. The van der Waals surface area contributed by atoms with Gasteiger partial charge in [-0.1, -0.05) is 6.07 Å². The Morgan fingerprint density at radius 1 is 1.38 bits per heavy atom. The first-order valence-corrected chi connectivity index (χ1v) is 7.25. The normalized spacial score (nSPS) is 26.0. The van der Waals surface area contributed by atoms with Gasteiger partial charge in [0.05, 0.1) is 0 Å². The molecule has 2 N–H and O–H groups in total. The molecule has 0 aliphatic carbocycles. The molecule has 1 aromatic rings. The van der Waals surface area contributed by atoms with Crippen LogP contribution in [-0.2, 0) is 6.54 Å². The van der Waals surface area contributed by atoms with E-state index < -0.39 is 11.7 Å². The quantitative estimate of drug-likeness (QED) is 0.650. The molecule has 2 aliphatic rings. The second kappa shape index (κ2) is 5.71. The molecule has 2 bridgehead atoms. The van der Waals surface area contributed by atoms with E-state index in [2.05, 4.69) is 16.8 Å². The lowest BCUT2D eigenvalue weighted by Crippen LogP contribution is -2.51. The predicted molar refractivity (Wildman–Crippen MR) is 75.5 cm³/mol. The van der Waals surface area contributed by atoms with Crippen molar-refractivity contribution in [3.05, 3.63) is 35.1 Å². The van der Waals surface area contributed by atoms with E-state index in [1.54, 1.807) is 12.1 Å². The summed E-state index contributed by atoms with van der Waals surface area (Å²) in [4.78, 5) is 16.0.